The van der Waals surface area contributed by atoms with Crippen LogP contribution in [0.5, 0.6) is 0 Å². The summed E-state index contributed by atoms with van der Waals surface area (Å²) < 4.78 is 0.989. The molecule has 128 valence electrons. The molecule has 2 aromatic heterocycles. The number of carbonyl (C=O) groups is 1. The Hall–Kier alpha value is -2.73. The average molecular weight is 354 g/mol. The Labute approximate surface area is 150 Å². The third kappa shape index (κ3) is 4.03. The van der Waals surface area contributed by atoms with E-state index < -0.39 is 0 Å². The van der Waals surface area contributed by atoms with E-state index in [1.807, 2.05) is 12.1 Å². The lowest BCUT2D eigenvalue weighted by atomic mass is 10.0. The van der Waals surface area contributed by atoms with Gasteiger partial charge in [0.2, 0.25) is 6.20 Å². The van der Waals surface area contributed by atoms with Gasteiger partial charge in [-0.05, 0) is 17.5 Å². The fraction of sp³-hybridized carbons (Fsp3) is 0.211. The second kappa shape index (κ2) is 7.44. The van der Waals surface area contributed by atoms with Crippen molar-refractivity contribution in [3.05, 3.63) is 71.0 Å². The van der Waals surface area contributed by atoms with Gasteiger partial charge in [-0.1, -0.05) is 38.1 Å². The molecule has 3 aromatic rings. The summed E-state index contributed by atoms with van der Waals surface area (Å²) in [5.74, 6) is 0.226. The van der Waals surface area contributed by atoms with E-state index in [4.69, 9.17) is 0 Å². The zero-order valence-electron chi connectivity index (χ0n) is 14.1. The second-order valence-electron chi connectivity index (χ2n) is 6.03. The molecule has 0 unspecified atom stereocenters. The number of benzene rings is 1. The van der Waals surface area contributed by atoms with E-state index in [0.717, 1.165) is 15.3 Å². The quantitative estimate of drug-likeness (QED) is 0.545. The number of hydrogen-bond donors (Lipinski definition) is 2. The summed E-state index contributed by atoms with van der Waals surface area (Å²) in [5, 5.41) is 15.0. The zero-order chi connectivity index (χ0) is 17.8. The second-order valence-corrected chi connectivity index (χ2v) is 6.89. The summed E-state index contributed by atoms with van der Waals surface area (Å²) >= 11 is 1.44. The molecule has 0 bridgehead atoms. The predicted molar refractivity (Wildman–Crippen MR) is 96.6 cm³/mol. The molecule has 1 amide bonds. The van der Waals surface area contributed by atoms with Crippen LogP contribution in [0.3, 0.4) is 0 Å². The van der Waals surface area contributed by atoms with Gasteiger partial charge in [-0.2, -0.15) is 0 Å². The molecule has 3 rings (SSSR count). The Morgan fingerprint density at radius 1 is 1.24 bits per heavy atom. The minimum Gasteiger partial charge on any atom is -0.340 e. The molecule has 0 aliphatic heterocycles. The van der Waals surface area contributed by atoms with Gasteiger partial charge in [-0.3, -0.25) is 10.0 Å². The highest BCUT2D eigenvalue weighted by atomic mass is 32.1. The summed E-state index contributed by atoms with van der Waals surface area (Å²) in [4.78, 5) is 16.7. The van der Waals surface area contributed by atoms with Crippen LogP contribution in [-0.2, 0) is 6.54 Å². The summed E-state index contributed by atoms with van der Waals surface area (Å²) in [7, 11) is 0. The Morgan fingerprint density at radius 3 is 2.68 bits per heavy atom. The minimum absolute atomic E-state index is 0.228. The molecule has 0 aliphatic rings. The number of rotatable bonds is 5. The van der Waals surface area contributed by atoms with Gasteiger partial charge in [0.25, 0.3) is 11.6 Å². The Bertz CT molecular complexity index is 872. The lowest BCUT2D eigenvalue weighted by Crippen LogP contribution is -2.38. The van der Waals surface area contributed by atoms with Crippen molar-refractivity contribution in [2.75, 3.05) is 0 Å². The molecule has 1 aromatic carbocycles. The summed E-state index contributed by atoms with van der Waals surface area (Å²) in [6.45, 7) is 4.54. The zero-order valence-corrected chi connectivity index (χ0v) is 15.0. The standard InChI is InChI=1S/C19H19N3O2S/c1-13(2)14-6-8-15(9-7-14)19-21-17(12-25-19)18(23)20-11-16-5-3-4-10-22(16)24/h3-10,12-13H,11H2,1-2H3,(H-,20,23,24)/p+1. The molecule has 5 nitrogen and oxygen atoms in total. The Morgan fingerprint density at radius 2 is 2.00 bits per heavy atom. The SMILES string of the molecule is CC(C)c1ccc(-c2nc(C(=O)NCc3cccc[n+]3O)cs2)cc1. The Kier molecular flexibility index (Phi) is 5.09. The fourth-order valence-electron chi connectivity index (χ4n) is 2.39. The van der Waals surface area contributed by atoms with Crippen LogP contribution >= 0.6 is 11.3 Å². The molecule has 0 saturated heterocycles. The highest BCUT2D eigenvalue weighted by molar-refractivity contribution is 7.13. The average Bonchev–Trinajstić information content (AvgIpc) is 3.11. The molecule has 2 heterocycles. The van der Waals surface area contributed by atoms with Crippen LogP contribution in [0.4, 0.5) is 0 Å². The first-order valence-corrected chi connectivity index (χ1v) is 8.95. The van der Waals surface area contributed by atoms with Crippen molar-refractivity contribution >= 4 is 17.2 Å². The van der Waals surface area contributed by atoms with Gasteiger partial charge >= 0.3 is 0 Å². The van der Waals surface area contributed by atoms with Crippen LogP contribution < -0.4 is 10.0 Å². The fourth-order valence-corrected chi connectivity index (χ4v) is 3.20. The predicted octanol–water partition coefficient (Wildman–Crippen LogP) is 3.39. The van der Waals surface area contributed by atoms with E-state index in [-0.39, 0.29) is 12.5 Å². The third-order valence-electron chi connectivity index (χ3n) is 3.91. The molecule has 0 fully saturated rings. The third-order valence-corrected chi connectivity index (χ3v) is 4.80. The molecule has 25 heavy (non-hydrogen) atoms. The molecule has 0 aliphatic carbocycles. The summed E-state index contributed by atoms with van der Waals surface area (Å²) in [6.07, 6.45) is 1.52. The molecule has 2 N–H and O–H groups in total. The first kappa shape index (κ1) is 17.1. The van der Waals surface area contributed by atoms with Gasteiger partial charge in [0, 0.05) is 27.8 Å². The van der Waals surface area contributed by atoms with Crippen molar-refractivity contribution < 1.29 is 14.7 Å². The first-order valence-electron chi connectivity index (χ1n) is 8.07. The van der Waals surface area contributed by atoms with Crippen molar-refractivity contribution in [1.82, 2.24) is 10.3 Å². The van der Waals surface area contributed by atoms with Crippen molar-refractivity contribution in [2.45, 2.75) is 26.3 Å². The van der Waals surface area contributed by atoms with E-state index >= 15 is 0 Å². The molecule has 0 radical (unpaired) electrons. The molecular formula is C19H20N3O2S+. The number of thiazole rings is 1. The van der Waals surface area contributed by atoms with Gasteiger partial charge in [0.15, 0.2) is 0 Å². The normalized spacial score (nSPS) is 10.8. The van der Waals surface area contributed by atoms with Gasteiger partial charge in [-0.25, -0.2) is 4.98 Å². The van der Waals surface area contributed by atoms with Crippen molar-refractivity contribution in [3.8, 4) is 10.6 Å². The number of amides is 1. The number of pyridine rings is 1. The number of nitrogens with one attached hydrogen (secondary N) is 1. The number of aromatic nitrogens is 2. The lowest BCUT2D eigenvalue weighted by molar-refractivity contribution is -0.909. The maximum atomic E-state index is 12.3. The van der Waals surface area contributed by atoms with E-state index in [2.05, 4.69) is 36.3 Å². The smallest absolute Gasteiger partial charge is 0.271 e. The maximum absolute atomic E-state index is 12.3. The lowest BCUT2D eigenvalue weighted by Gasteiger charge is -2.05. The van der Waals surface area contributed by atoms with Gasteiger partial charge < -0.3 is 5.32 Å². The molecule has 0 atom stereocenters. The number of hydrogen-bond acceptors (Lipinski definition) is 4. The van der Waals surface area contributed by atoms with Crippen LogP contribution in [0.15, 0.2) is 54.0 Å². The minimum atomic E-state index is -0.259. The maximum Gasteiger partial charge on any atom is 0.271 e. The topological polar surface area (TPSA) is 66.1 Å². The van der Waals surface area contributed by atoms with Gasteiger partial charge in [-0.15, -0.1) is 11.3 Å². The van der Waals surface area contributed by atoms with Gasteiger partial charge in [0.05, 0.1) is 0 Å². The highest BCUT2D eigenvalue weighted by Crippen LogP contribution is 2.25. The van der Waals surface area contributed by atoms with Crippen LogP contribution in [-0.4, -0.2) is 16.1 Å². The number of carbonyl (C=O) groups excluding carboxylic acids is 1. The van der Waals surface area contributed by atoms with Gasteiger partial charge in [0.1, 0.15) is 17.2 Å². The monoisotopic (exact) mass is 354 g/mol. The van der Waals surface area contributed by atoms with Crippen molar-refractivity contribution in [2.24, 2.45) is 0 Å². The van der Waals surface area contributed by atoms with E-state index in [1.165, 1.54) is 23.1 Å². The first-order chi connectivity index (χ1) is 12.0. The summed E-state index contributed by atoms with van der Waals surface area (Å²) in [6, 6.07) is 13.5. The Balaban J connectivity index is 1.68. The van der Waals surface area contributed by atoms with E-state index in [9.17, 15) is 10.0 Å². The number of nitrogens with zero attached hydrogens (tertiary/aromatic N) is 2. The van der Waals surface area contributed by atoms with Crippen molar-refractivity contribution in [1.29, 1.82) is 0 Å². The molecule has 0 spiro atoms. The van der Waals surface area contributed by atoms with Crippen LogP contribution in [0, 0.1) is 0 Å². The van der Waals surface area contributed by atoms with Crippen molar-refractivity contribution in [3.63, 3.8) is 0 Å². The van der Waals surface area contributed by atoms with E-state index in [1.54, 1.807) is 23.6 Å². The highest BCUT2D eigenvalue weighted by Gasteiger charge is 2.15. The van der Waals surface area contributed by atoms with Crippen LogP contribution in [0.2, 0.25) is 0 Å². The van der Waals surface area contributed by atoms with E-state index in [0.29, 0.717) is 17.3 Å². The molecule has 6 heteroatoms. The van der Waals surface area contributed by atoms with Crippen LogP contribution in [0.25, 0.3) is 10.6 Å². The largest absolute Gasteiger partial charge is 0.340 e. The molecule has 0 saturated carbocycles. The molecular weight excluding hydrogens is 334 g/mol. The summed E-state index contributed by atoms with van der Waals surface area (Å²) in [5.41, 5.74) is 3.26. The van der Waals surface area contributed by atoms with Crippen LogP contribution in [0.1, 0.15) is 41.5 Å².